The lowest BCUT2D eigenvalue weighted by Gasteiger charge is -2.15. The van der Waals surface area contributed by atoms with Crippen molar-refractivity contribution in [2.24, 2.45) is 0 Å². The molecule has 3 nitrogen and oxygen atoms in total. The largest absolute Gasteiger partial charge is 0.372 e. The maximum Gasteiger partial charge on any atom is 0.242 e. The Hall–Kier alpha value is -1.65. The molecule has 0 aromatic heterocycles. The summed E-state index contributed by atoms with van der Waals surface area (Å²) in [5, 5.41) is 5.45. The van der Waals surface area contributed by atoms with Gasteiger partial charge in [-0.25, -0.2) is 8.78 Å². The number of carbonyl (C=O) groups excluding carboxylic acids is 1. The first-order chi connectivity index (χ1) is 8.54. The Balaban J connectivity index is 2.53. The van der Waals surface area contributed by atoms with E-state index >= 15 is 0 Å². The molecule has 1 unspecified atom stereocenters. The number of halogens is 2. The van der Waals surface area contributed by atoms with Crippen LogP contribution in [-0.2, 0) is 4.79 Å². The molecule has 0 saturated heterocycles. The maximum absolute atomic E-state index is 13.3. The van der Waals surface area contributed by atoms with Crippen LogP contribution >= 0.6 is 0 Å². The van der Waals surface area contributed by atoms with Gasteiger partial charge in [0.05, 0.1) is 5.69 Å². The minimum atomic E-state index is -0.705. The molecule has 1 amide bonds. The number of anilines is 1. The van der Waals surface area contributed by atoms with E-state index in [1.54, 1.807) is 6.92 Å². The van der Waals surface area contributed by atoms with Crippen molar-refractivity contribution < 1.29 is 13.6 Å². The van der Waals surface area contributed by atoms with Gasteiger partial charge in [-0.05, 0) is 25.5 Å². The van der Waals surface area contributed by atoms with Crippen molar-refractivity contribution in [2.45, 2.75) is 32.7 Å². The molecule has 0 heterocycles. The molecule has 0 bridgehead atoms. The summed E-state index contributed by atoms with van der Waals surface area (Å²) in [5.74, 6) is -1.55. The molecule has 0 aliphatic heterocycles. The summed E-state index contributed by atoms with van der Waals surface area (Å²) in [7, 11) is 0. The van der Waals surface area contributed by atoms with Gasteiger partial charge in [0.2, 0.25) is 5.91 Å². The topological polar surface area (TPSA) is 41.1 Å². The van der Waals surface area contributed by atoms with Crippen LogP contribution in [0.3, 0.4) is 0 Å². The fraction of sp³-hybridized carbons (Fsp3) is 0.462. The zero-order valence-corrected chi connectivity index (χ0v) is 10.6. The third-order valence-corrected chi connectivity index (χ3v) is 2.53. The fourth-order valence-electron chi connectivity index (χ4n) is 1.45. The molecule has 1 aromatic rings. The van der Waals surface area contributed by atoms with E-state index in [0.29, 0.717) is 6.54 Å². The van der Waals surface area contributed by atoms with Gasteiger partial charge in [-0.1, -0.05) is 13.3 Å². The number of hydrogen-bond donors (Lipinski definition) is 2. The van der Waals surface area contributed by atoms with Crippen molar-refractivity contribution in [3.05, 3.63) is 29.8 Å². The van der Waals surface area contributed by atoms with Crippen molar-refractivity contribution in [2.75, 3.05) is 11.9 Å². The zero-order valence-electron chi connectivity index (χ0n) is 10.6. The van der Waals surface area contributed by atoms with Crippen LogP contribution in [0.5, 0.6) is 0 Å². The van der Waals surface area contributed by atoms with E-state index in [-0.39, 0.29) is 11.6 Å². The van der Waals surface area contributed by atoms with Gasteiger partial charge in [-0.3, -0.25) is 4.79 Å². The van der Waals surface area contributed by atoms with Crippen molar-refractivity contribution in [3.8, 4) is 0 Å². The normalized spacial score (nSPS) is 12.0. The van der Waals surface area contributed by atoms with Gasteiger partial charge in [-0.2, -0.15) is 0 Å². The molecule has 1 atom stereocenters. The lowest BCUT2D eigenvalue weighted by atomic mass is 10.2. The Kier molecular flexibility index (Phi) is 5.55. The summed E-state index contributed by atoms with van der Waals surface area (Å²) in [5.41, 5.74) is 0.120. The molecule has 0 aliphatic rings. The number of carbonyl (C=O) groups is 1. The zero-order chi connectivity index (χ0) is 13.5. The molecule has 5 heteroatoms. The van der Waals surface area contributed by atoms with Crippen LogP contribution in [0.1, 0.15) is 26.7 Å². The van der Waals surface area contributed by atoms with Crippen molar-refractivity contribution in [3.63, 3.8) is 0 Å². The summed E-state index contributed by atoms with van der Waals surface area (Å²) < 4.78 is 26.0. The minimum Gasteiger partial charge on any atom is -0.372 e. The molecule has 1 aromatic carbocycles. The summed E-state index contributed by atoms with van der Waals surface area (Å²) >= 11 is 0. The molecule has 1 rings (SSSR count). The SMILES string of the molecule is CCCCNC(=O)C(C)Nc1ccc(F)cc1F. The molecule has 100 valence electrons. The molecule has 18 heavy (non-hydrogen) atoms. The number of unbranched alkanes of at least 4 members (excludes halogenated alkanes) is 1. The van der Waals surface area contributed by atoms with E-state index in [1.165, 1.54) is 6.07 Å². The van der Waals surface area contributed by atoms with E-state index in [1.807, 2.05) is 6.92 Å². The fourth-order valence-corrected chi connectivity index (χ4v) is 1.45. The second kappa shape index (κ2) is 6.93. The number of benzene rings is 1. The minimum absolute atomic E-state index is 0.120. The molecule has 0 spiro atoms. The Bertz CT molecular complexity index is 410. The lowest BCUT2D eigenvalue weighted by Crippen LogP contribution is -2.38. The van der Waals surface area contributed by atoms with Gasteiger partial charge in [0.1, 0.15) is 17.7 Å². The Morgan fingerprint density at radius 2 is 2.11 bits per heavy atom. The third kappa shape index (κ3) is 4.31. The first kappa shape index (κ1) is 14.4. The predicted octanol–water partition coefficient (Wildman–Crippen LogP) is 2.68. The van der Waals surface area contributed by atoms with Gasteiger partial charge < -0.3 is 10.6 Å². The van der Waals surface area contributed by atoms with Crippen molar-refractivity contribution >= 4 is 11.6 Å². The summed E-state index contributed by atoms with van der Waals surface area (Å²) in [4.78, 5) is 11.6. The number of hydrogen-bond acceptors (Lipinski definition) is 2. The average molecular weight is 256 g/mol. The second-order valence-corrected chi connectivity index (χ2v) is 4.13. The van der Waals surface area contributed by atoms with E-state index in [2.05, 4.69) is 10.6 Å². The molecule has 0 saturated carbocycles. The maximum atomic E-state index is 13.3. The number of amides is 1. The van der Waals surface area contributed by atoms with Gasteiger partial charge in [0.25, 0.3) is 0 Å². The molecular weight excluding hydrogens is 238 g/mol. The molecular formula is C13H18F2N2O. The van der Waals surface area contributed by atoms with Crippen molar-refractivity contribution in [1.29, 1.82) is 0 Å². The Morgan fingerprint density at radius 1 is 1.39 bits per heavy atom. The monoisotopic (exact) mass is 256 g/mol. The molecule has 2 N–H and O–H groups in total. The molecule has 0 radical (unpaired) electrons. The third-order valence-electron chi connectivity index (χ3n) is 2.53. The van der Waals surface area contributed by atoms with E-state index in [0.717, 1.165) is 25.0 Å². The van der Waals surface area contributed by atoms with Crippen LogP contribution in [0.25, 0.3) is 0 Å². The van der Waals surface area contributed by atoms with Crippen LogP contribution in [0, 0.1) is 11.6 Å². The highest BCUT2D eigenvalue weighted by Crippen LogP contribution is 2.15. The average Bonchev–Trinajstić information content (AvgIpc) is 2.32. The van der Waals surface area contributed by atoms with Crippen LogP contribution < -0.4 is 10.6 Å². The highest BCUT2D eigenvalue weighted by atomic mass is 19.1. The molecule has 0 aliphatic carbocycles. The van der Waals surface area contributed by atoms with Gasteiger partial charge in [0.15, 0.2) is 0 Å². The van der Waals surface area contributed by atoms with Gasteiger partial charge in [0, 0.05) is 12.6 Å². The van der Waals surface area contributed by atoms with Crippen molar-refractivity contribution in [1.82, 2.24) is 5.32 Å². The van der Waals surface area contributed by atoms with E-state index in [9.17, 15) is 13.6 Å². The predicted molar refractivity (Wildman–Crippen MR) is 67.4 cm³/mol. The number of nitrogens with one attached hydrogen (secondary N) is 2. The quantitative estimate of drug-likeness (QED) is 0.768. The highest BCUT2D eigenvalue weighted by Gasteiger charge is 2.13. The number of rotatable bonds is 6. The smallest absolute Gasteiger partial charge is 0.242 e. The molecule has 0 fully saturated rings. The first-order valence-corrected chi connectivity index (χ1v) is 6.04. The van der Waals surface area contributed by atoms with Crippen LogP contribution in [0.15, 0.2) is 18.2 Å². The van der Waals surface area contributed by atoms with Gasteiger partial charge >= 0.3 is 0 Å². The summed E-state index contributed by atoms with van der Waals surface area (Å²) in [6.07, 6.45) is 1.90. The second-order valence-electron chi connectivity index (χ2n) is 4.13. The highest BCUT2D eigenvalue weighted by molar-refractivity contribution is 5.84. The van der Waals surface area contributed by atoms with E-state index in [4.69, 9.17) is 0 Å². The lowest BCUT2D eigenvalue weighted by molar-refractivity contribution is -0.121. The summed E-state index contributed by atoms with van der Waals surface area (Å²) in [6, 6.07) is 2.64. The van der Waals surface area contributed by atoms with Crippen LogP contribution in [-0.4, -0.2) is 18.5 Å². The first-order valence-electron chi connectivity index (χ1n) is 6.04. The Morgan fingerprint density at radius 3 is 2.72 bits per heavy atom. The summed E-state index contributed by atoms with van der Waals surface area (Å²) in [6.45, 7) is 4.26. The Labute approximate surface area is 106 Å². The standard InChI is InChI=1S/C13H18F2N2O/c1-3-4-7-16-13(18)9(2)17-12-6-5-10(14)8-11(12)15/h5-6,8-9,17H,3-4,7H2,1-2H3,(H,16,18). The van der Waals surface area contributed by atoms with Crippen LogP contribution in [0.2, 0.25) is 0 Å². The van der Waals surface area contributed by atoms with E-state index < -0.39 is 17.7 Å². The van der Waals surface area contributed by atoms with Gasteiger partial charge in [-0.15, -0.1) is 0 Å². The van der Waals surface area contributed by atoms with Crippen LogP contribution in [0.4, 0.5) is 14.5 Å².